The van der Waals surface area contributed by atoms with Gasteiger partial charge in [-0.15, -0.1) is 0 Å². The van der Waals surface area contributed by atoms with Gasteiger partial charge in [0, 0.05) is 5.54 Å². The van der Waals surface area contributed by atoms with Crippen LogP contribution in [0.25, 0.3) is 0 Å². The minimum atomic E-state index is 0.452. The molecular formula is C19H27N. The van der Waals surface area contributed by atoms with E-state index in [0.717, 1.165) is 18.3 Å². The number of hydrogen-bond acceptors (Lipinski definition) is 1. The second-order valence-electron chi connectivity index (χ2n) is 7.82. The van der Waals surface area contributed by atoms with Gasteiger partial charge in [-0.3, -0.25) is 0 Å². The second kappa shape index (κ2) is 4.34. The van der Waals surface area contributed by atoms with Crippen molar-refractivity contribution in [3.63, 3.8) is 0 Å². The van der Waals surface area contributed by atoms with E-state index in [1.165, 1.54) is 44.1 Å². The summed E-state index contributed by atoms with van der Waals surface area (Å²) in [6.45, 7) is 2.25. The van der Waals surface area contributed by atoms with Gasteiger partial charge in [-0.2, -0.15) is 0 Å². The normalized spacial score (nSPS) is 42.1. The molecule has 5 rings (SSSR count). The fourth-order valence-corrected chi connectivity index (χ4v) is 5.99. The van der Waals surface area contributed by atoms with Crippen molar-refractivity contribution in [1.29, 1.82) is 0 Å². The molecule has 0 spiro atoms. The van der Waals surface area contributed by atoms with Crippen LogP contribution in [0.1, 0.15) is 56.6 Å². The maximum atomic E-state index is 3.73. The fourth-order valence-electron chi connectivity index (χ4n) is 5.99. The largest absolute Gasteiger partial charge is 0.314 e. The highest BCUT2D eigenvalue weighted by Gasteiger charge is 2.57. The molecule has 2 atom stereocenters. The van der Waals surface area contributed by atoms with Gasteiger partial charge in [0.15, 0.2) is 0 Å². The Morgan fingerprint density at radius 1 is 1.05 bits per heavy atom. The molecule has 0 aliphatic heterocycles. The lowest BCUT2D eigenvalue weighted by Gasteiger charge is -2.62. The quantitative estimate of drug-likeness (QED) is 0.872. The van der Waals surface area contributed by atoms with Crippen LogP contribution in [0.5, 0.6) is 0 Å². The molecule has 4 bridgehead atoms. The fraction of sp³-hybridized carbons (Fsp3) is 0.684. The Hall–Kier alpha value is -0.820. The summed E-state index contributed by atoms with van der Waals surface area (Å²) < 4.78 is 0. The van der Waals surface area contributed by atoms with Crippen molar-refractivity contribution < 1.29 is 0 Å². The molecule has 20 heavy (non-hydrogen) atoms. The monoisotopic (exact) mass is 269 g/mol. The summed E-state index contributed by atoms with van der Waals surface area (Å²) in [5, 5.41) is 3.73. The van der Waals surface area contributed by atoms with Crippen LogP contribution in [0.2, 0.25) is 0 Å². The molecule has 0 aromatic heterocycles. The third-order valence-corrected chi connectivity index (χ3v) is 6.57. The number of benzene rings is 1. The van der Waals surface area contributed by atoms with Crippen molar-refractivity contribution >= 4 is 0 Å². The highest BCUT2D eigenvalue weighted by atomic mass is 15.0. The topological polar surface area (TPSA) is 12.0 Å². The summed E-state index contributed by atoms with van der Waals surface area (Å²) in [6.07, 6.45) is 9.76. The summed E-state index contributed by atoms with van der Waals surface area (Å²) in [7, 11) is 2.20. The van der Waals surface area contributed by atoms with Gasteiger partial charge >= 0.3 is 0 Å². The van der Waals surface area contributed by atoms with Crippen LogP contribution in [0.3, 0.4) is 0 Å². The van der Waals surface area contributed by atoms with Gasteiger partial charge < -0.3 is 5.32 Å². The molecule has 108 valence electrons. The molecule has 0 heterocycles. The SMILES string of the molecule is CCc1ccc(C23CC4CC(CC(NC)(C4)C2)C3)cc1. The number of nitrogens with one attached hydrogen (secondary N) is 1. The Kier molecular flexibility index (Phi) is 2.79. The van der Waals surface area contributed by atoms with Gasteiger partial charge in [0.05, 0.1) is 0 Å². The van der Waals surface area contributed by atoms with Crippen molar-refractivity contribution in [1.82, 2.24) is 5.32 Å². The molecule has 1 nitrogen and oxygen atoms in total. The van der Waals surface area contributed by atoms with Gasteiger partial charge in [0.1, 0.15) is 0 Å². The second-order valence-corrected chi connectivity index (χ2v) is 7.82. The number of hydrogen-bond donors (Lipinski definition) is 1. The molecule has 0 amide bonds. The van der Waals surface area contributed by atoms with E-state index in [1.807, 2.05) is 0 Å². The van der Waals surface area contributed by atoms with E-state index in [9.17, 15) is 0 Å². The van der Waals surface area contributed by atoms with E-state index < -0.39 is 0 Å². The Morgan fingerprint density at radius 3 is 2.25 bits per heavy atom. The highest BCUT2D eigenvalue weighted by Crippen LogP contribution is 2.62. The lowest BCUT2D eigenvalue weighted by atomic mass is 9.45. The lowest BCUT2D eigenvalue weighted by Crippen LogP contribution is -2.62. The maximum Gasteiger partial charge on any atom is 0.0192 e. The van der Waals surface area contributed by atoms with Gasteiger partial charge in [-0.25, -0.2) is 0 Å². The molecule has 4 aliphatic carbocycles. The standard InChI is InChI=1S/C19H27N/c1-3-14-4-6-17(7-5-14)18-9-15-8-16(10-18)12-19(11-15,13-18)20-2/h4-7,15-16,20H,3,8-13H2,1-2H3. The van der Waals surface area contributed by atoms with Crippen LogP contribution < -0.4 is 5.32 Å². The molecule has 2 unspecified atom stereocenters. The average Bonchev–Trinajstić information content (AvgIpc) is 2.46. The van der Waals surface area contributed by atoms with Crippen LogP contribution in [-0.4, -0.2) is 12.6 Å². The third kappa shape index (κ3) is 1.79. The van der Waals surface area contributed by atoms with E-state index in [2.05, 4.69) is 43.6 Å². The zero-order valence-electron chi connectivity index (χ0n) is 12.9. The van der Waals surface area contributed by atoms with E-state index >= 15 is 0 Å². The zero-order valence-corrected chi connectivity index (χ0v) is 12.9. The Bertz CT molecular complexity index is 487. The molecule has 1 heteroatoms. The van der Waals surface area contributed by atoms with Gasteiger partial charge in [-0.05, 0) is 80.4 Å². The first-order chi connectivity index (χ1) is 9.67. The molecule has 0 radical (unpaired) electrons. The minimum Gasteiger partial charge on any atom is -0.314 e. The van der Waals surface area contributed by atoms with E-state index in [-0.39, 0.29) is 0 Å². The smallest absolute Gasteiger partial charge is 0.0192 e. The maximum absolute atomic E-state index is 3.73. The Morgan fingerprint density at radius 2 is 1.70 bits per heavy atom. The van der Waals surface area contributed by atoms with Gasteiger partial charge in [-0.1, -0.05) is 31.2 Å². The molecule has 4 aliphatic rings. The first-order valence-electron chi connectivity index (χ1n) is 8.45. The van der Waals surface area contributed by atoms with E-state index in [1.54, 1.807) is 5.56 Å². The van der Waals surface area contributed by atoms with Crippen molar-refractivity contribution in [2.75, 3.05) is 7.05 Å². The van der Waals surface area contributed by atoms with E-state index in [4.69, 9.17) is 0 Å². The van der Waals surface area contributed by atoms with Crippen molar-refractivity contribution in [3.8, 4) is 0 Å². The summed E-state index contributed by atoms with van der Waals surface area (Å²) in [5.74, 6) is 1.93. The first kappa shape index (κ1) is 12.9. The molecule has 0 saturated heterocycles. The number of aryl methyl sites for hydroxylation is 1. The Labute approximate surface area is 123 Å². The molecule has 1 aromatic carbocycles. The van der Waals surface area contributed by atoms with Crippen molar-refractivity contribution in [2.24, 2.45) is 11.8 Å². The molecule has 1 aromatic rings. The highest BCUT2D eigenvalue weighted by molar-refractivity contribution is 5.34. The predicted octanol–water partition coefficient (Wildman–Crippen LogP) is 4.06. The van der Waals surface area contributed by atoms with Crippen molar-refractivity contribution in [2.45, 2.75) is 62.8 Å². The van der Waals surface area contributed by atoms with Crippen LogP contribution >= 0.6 is 0 Å². The Balaban J connectivity index is 1.72. The first-order valence-corrected chi connectivity index (χ1v) is 8.45. The predicted molar refractivity (Wildman–Crippen MR) is 84.0 cm³/mol. The molecule has 4 saturated carbocycles. The summed E-state index contributed by atoms with van der Waals surface area (Å²) in [4.78, 5) is 0. The summed E-state index contributed by atoms with van der Waals surface area (Å²) in [6, 6.07) is 9.60. The zero-order chi connectivity index (χ0) is 13.8. The third-order valence-electron chi connectivity index (χ3n) is 6.57. The van der Waals surface area contributed by atoms with Gasteiger partial charge in [0.25, 0.3) is 0 Å². The van der Waals surface area contributed by atoms with Crippen LogP contribution in [0.15, 0.2) is 24.3 Å². The molecular weight excluding hydrogens is 242 g/mol. The average molecular weight is 269 g/mol. The lowest BCUT2D eigenvalue weighted by molar-refractivity contribution is -0.0373. The van der Waals surface area contributed by atoms with Crippen LogP contribution in [0, 0.1) is 11.8 Å². The summed E-state index contributed by atoms with van der Waals surface area (Å²) >= 11 is 0. The summed E-state index contributed by atoms with van der Waals surface area (Å²) in [5.41, 5.74) is 4.04. The molecule has 1 N–H and O–H groups in total. The van der Waals surface area contributed by atoms with Crippen LogP contribution in [0.4, 0.5) is 0 Å². The van der Waals surface area contributed by atoms with Gasteiger partial charge in [0.2, 0.25) is 0 Å². The van der Waals surface area contributed by atoms with E-state index in [0.29, 0.717) is 11.0 Å². The van der Waals surface area contributed by atoms with Crippen LogP contribution in [-0.2, 0) is 11.8 Å². The minimum absolute atomic E-state index is 0.452. The molecule has 4 fully saturated rings. The van der Waals surface area contributed by atoms with Crippen molar-refractivity contribution in [3.05, 3.63) is 35.4 Å². The number of rotatable bonds is 3.